The second-order valence-electron chi connectivity index (χ2n) is 6.53. The molecule has 0 aliphatic carbocycles. The van der Waals surface area contributed by atoms with Crippen molar-refractivity contribution in [3.63, 3.8) is 0 Å². The standard InChI is InChI=1S/C19H19N5O3/c1-11(8-22-20)23-18-5-3-13(9-21-18)12-2-4-15-14(6-12)7-16-17(10-25)27-19(26)24(15)16/h2-6,8-9,16-17,25H,7,10,20H2,1H3/t16-,17-/m0/s1. The molecule has 2 aromatic rings. The SMILES string of the molecule is CC(C=NN)=Nc1ccc(-c2ccc3c(c2)C[C@H]2[C@H](CO)OC(=O)N32)cn1. The van der Waals surface area contributed by atoms with Crippen LogP contribution in [-0.4, -0.2) is 46.9 Å². The monoisotopic (exact) mass is 365 g/mol. The summed E-state index contributed by atoms with van der Waals surface area (Å²) < 4.78 is 5.21. The molecule has 27 heavy (non-hydrogen) atoms. The summed E-state index contributed by atoms with van der Waals surface area (Å²) in [7, 11) is 0. The summed E-state index contributed by atoms with van der Waals surface area (Å²) in [5, 5.41) is 12.9. The van der Waals surface area contributed by atoms with Crippen molar-refractivity contribution >= 4 is 29.5 Å². The summed E-state index contributed by atoms with van der Waals surface area (Å²) in [6, 6.07) is 9.55. The molecule has 3 N–H and O–H groups in total. The number of cyclic esters (lactones) is 1. The number of benzene rings is 1. The number of rotatable bonds is 4. The Hall–Kier alpha value is -3.26. The third-order valence-electron chi connectivity index (χ3n) is 4.79. The third-order valence-corrected chi connectivity index (χ3v) is 4.79. The van der Waals surface area contributed by atoms with E-state index in [0.717, 1.165) is 22.4 Å². The van der Waals surface area contributed by atoms with Crippen LogP contribution < -0.4 is 10.7 Å². The maximum absolute atomic E-state index is 12.1. The van der Waals surface area contributed by atoms with Crippen LogP contribution in [0.4, 0.5) is 16.3 Å². The molecule has 1 fully saturated rings. The highest BCUT2D eigenvalue weighted by Gasteiger charge is 2.47. The van der Waals surface area contributed by atoms with Gasteiger partial charge in [0.2, 0.25) is 0 Å². The number of ether oxygens (including phenoxy) is 1. The maximum Gasteiger partial charge on any atom is 0.415 e. The lowest BCUT2D eigenvalue weighted by molar-refractivity contribution is 0.0830. The number of hydrogen-bond donors (Lipinski definition) is 2. The summed E-state index contributed by atoms with van der Waals surface area (Å²) in [6.45, 7) is 1.62. The first-order valence-corrected chi connectivity index (χ1v) is 8.59. The van der Waals surface area contributed by atoms with Crippen molar-refractivity contribution in [2.75, 3.05) is 11.5 Å². The first-order valence-electron chi connectivity index (χ1n) is 8.59. The highest BCUT2D eigenvalue weighted by molar-refractivity contribution is 6.29. The molecule has 8 nitrogen and oxygen atoms in total. The molecule has 8 heteroatoms. The number of anilines is 1. The number of aliphatic hydroxyl groups is 1. The highest BCUT2D eigenvalue weighted by Crippen LogP contribution is 2.40. The van der Waals surface area contributed by atoms with Crippen molar-refractivity contribution in [3.05, 3.63) is 42.1 Å². The molecule has 1 amide bonds. The Balaban J connectivity index is 1.60. The molecule has 138 valence electrons. The minimum absolute atomic E-state index is 0.144. The fraction of sp³-hybridized carbons (Fsp3) is 0.263. The van der Waals surface area contributed by atoms with Crippen molar-refractivity contribution < 1.29 is 14.6 Å². The molecule has 0 radical (unpaired) electrons. The van der Waals surface area contributed by atoms with Gasteiger partial charge in [-0.05, 0) is 48.7 Å². The van der Waals surface area contributed by atoms with Crippen LogP contribution in [-0.2, 0) is 11.2 Å². The van der Waals surface area contributed by atoms with Crippen LogP contribution in [0, 0.1) is 0 Å². The Morgan fingerprint density at radius 2 is 2.22 bits per heavy atom. The van der Waals surface area contributed by atoms with Crippen molar-refractivity contribution in [2.45, 2.75) is 25.5 Å². The molecular formula is C19H19N5O3. The number of aromatic nitrogens is 1. The molecule has 0 saturated carbocycles. The Bertz CT molecular complexity index is 939. The number of nitrogens with zero attached hydrogens (tertiary/aromatic N) is 4. The molecule has 1 saturated heterocycles. The number of amides is 1. The van der Waals surface area contributed by atoms with Crippen LogP contribution in [0.3, 0.4) is 0 Å². The van der Waals surface area contributed by atoms with E-state index in [-0.39, 0.29) is 12.6 Å². The number of aliphatic hydroxyl groups excluding tert-OH is 1. The molecular weight excluding hydrogens is 346 g/mol. The topological polar surface area (TPSA) is 113 Å². The van der Waals surface area contributed by atoms with Gasteiger partial charge in [-0.3, -0.25) is 4.90 Å². The molecule has 0 spiro atoms. The molecule has 2 aliphatic rings. The van der Waals surface area contributed by atoms with E-state index in [1.165, 1.54) is 6.21 Å². The van der Waals surface area contributed by atoms with Crippen molar-refractivity contribution in [3.8, 4) is 11.1 Å². The Kier molecular flexibility index (Phi) is 4.33. The van der Waals surface area contributed by atoms with Gasteiger partial charge < -0.3 is 15.7 Å². The summed E-state index contributed by atoms with van der Waals surface area (Å²) >= 11 is 0. The predicted molar refractivity (Wildman–Crippen MR) is 102 cm³/mol. The molecule has 1 aromatic heterocycles. The first kappa shape index (κ1) is 17.2. The van der Waals surface area contributed by atoms with Gasteiger partial charge in [-0.1, -0.05) is 6.07 Å². The van der Waals surface area contributed by atoms with Crippen molar-refractivity contribution in [1.29, 1.82) is 0 Å². The van der Waals surface area contributed by atoms with Gasteiger partial charge in [0.05, 0.1) is 30.3 Å². The van der Waals surface area contributed by atoms with E-state index >= 15 is 0 Å². The molecule has 2 atom stereocenters. The van der Waals surface area contributed by atoms with Crippen molar-refractivity contribution in [2.24, 2.45) is 15.9 Å². The van der Waals surface area contributed by atoms with E-state index in [4.69, 9.17) is 10.6 Å². The number of fused-ring (bicyclic) bond motifs is 3. The lowest BCUT2D eigenvalue weighted by Crippen LogP contribution is -2.34. The Morgan fingerprint density at radius 3 is 2.93 bits per heavy atom. The predicted octanol–water partition coefficient (Wildman–Crippen LogP) is 2.03. The summed E-state index contributed by atoms with van der Waals surface area (Å²) in [5.74, 6) is 5.69. The van der Waals surface area contributed by atoms with Gasteiger partial charge in [-0.2, -0.15) is 5.10 Å². The van der Waals surface area contributed by atoms with Crippen LogP contribution in [0.1, 0.15) is 12.5 Å². The molecule has 4 rings (SSSR count). The van der Waals surface area contributed by atoms with E-state index < -0.39 is 12.2 Å². The van der Waals surface area contributed by atoms with Crippen LogP contribution in [0.15, 0.2) is 46.6 Å². The average Bonchev–Trinajstić information content (AvgIpc) is 3.19. The van der Waals surface area contributed by atoms with Crippen LogP contribution in [0.25, 0.3) is 11.1 Å². The fourth-order valence-electron chi connectivity index (χ4n) is 3.55. The van der Waals surface area contributed by atoms with E-state index in [9.17, 15) is 9.90 Å². The number of pyridine rings is 1. The molecule has 0 bridgehead atoms. The molecule has 3 heterocycles. The van der Waals surface area contributed by atoms with Gasteiger partial charge in [0.1, 0.15) is 6.10 Å². The van der Waals surface area contributed by atoms with E-state index in [1.54, 1.807) is 18.0 Å². The van der Waals surface area contributed by atoms with Crippen LogP contribution in [0.2, 0.25) is 0 Å². The normalized spacial score (nSPS) is 21.5. The second kappa shape index (κ2) is 6.81. The highest BCUT2D eigenvalue weighted by atomic mass is 16.6. The minimum Gasteiger partial charge on any atom is -0.441 e. The van der Waals surface area contributed by atoms with Gasteiger partial charge >= 0.3 is 6.09 Å². The average molecular weight is 365 g/mol. The molecule has 2 aliphatic heterocycles. The number of nitrogens with two attached hydrogens (primary N) is 1. The minimum atomic E-state index is -0.479. The van der Waals surface area contributed by atoms with E-state index in [0.29, 0.717) is 18.0 Å². The summed E-state index contributed by atoms with van der Waals surface area (Å²) in [5.41, 5.74) is 4.53. The smallest absolute Gasteiger partial charge is 0.415 e. The number of aliphatic imine (C=N–C) groups is 1. The van der Waals surface area contributed by atoms with Gasteiger partial charge in [0.25, 0.3) is 0 Å². The molecule has 1 aromatic carbocycles. The number of hydrogen-bond acceptors (Lipinski definition) is 7. The first-order chi connectivity index (χ1) is 13.1. The van der Waals surface area contributed by atoms with Gasteiger partial charge in [-0.15, -0.1) is 0 Å². The Labute approximate surface area is 156 Å². The third kappa shape index (κ3) is 3.04. The molecule has 0 unspecified atom stereocenters. The van der Waals surface area contributed by atoms with Crippen LogP contribution in [0.5, 0.6) is 0 Å². The summed E-state index contributed by atoms with van der Waals surface area (Å²) in [6.07, 6.45) is 3.01. The quantitative estimate of drug-likeness (QED) is 0.489. The zero-order chi connectivity index (χ0) is 19.0. The van der Waals surface area contributed by atoms with Crippen molar-refractivity contribution in [1.82, 2.24) is 4.98 Å². The van der Waals surface area contributed by atoms with E-state index in [1.807, 2.05) is 24.3 Å². The summed E-state index contributed by atoms with van der Waals surface area (Å²) in [4.78, 5) is 22.4. The zero-order valence-corrected chi connectivity index (χ0v) is 14.7. The second-order valence-corrected chi connectivity index (χ2v) is 6.53. The van der Waals surface area contributed by atoms with E-state index in [2.05, 4.69) is 21.1 Å². The fourth-order valence-corrected chi connectivity index (χ4v) is 3.55. The van der Waals surface area contributed by atoms with Gasteiger partial charge in [-0.25, -0.2) is 14.8 Å². The number of carbonyl (C=O) groups is 1. The lowest BCUT2D eigenvalue weighted by Gasteiger charge is -2.14. The van der Waals surface area contributed by atoms with Gasteiger partial charge in [0, 0.05) is 11.8 Å². The zero-order valence-electron chi connectivity index (χ0n) is 14.7. The van der Waals surface area contributed by atoms with Gasteiger partial charge in [0.15, 0.2) is 5.82 Å². The number of hydrazone groups is 1. The number of carbonyl (C=O) groups excluding carboxylic acids is 1. The Morgan fingerprint density at radius 1 is 1.41 bits per heavy atom. The largest absolute Gasteiger partial charge is 0.441 e. The van der Waals surface area contributed by atoms with Crippen LogP contribution >= 0.6 is 0 Å². The maximum atomic E-state index is 12.1. The lowest BCUT2D eigenvalue weighted by atomic mass is 10.0.